The van der Waals surface area contributed by atoms with Crippen LogP contribution < -0.4 is 11.1 Å². The SMILES string of the molecule is CC(C)(C[C@H]1CC(=O)N1)OC(N)=O. The minimum Gasteiger partial charge on any atom is -0.444 e. The van der Waals surface area contributed by atoms with Gasteiger partial charge < -0.3 is 15.8 Å². The van der Waals surface area contributed by atoms with Crippen LogP contribution >= 0.6 is 0 Å². The van der Waals surface area contributed by atoms with Crippen LogP contribution in [0.15, 0.2) is 0 Å². The van der Waals surface area contributed by atoms with E-state index in [1.54, 1.807) is 13.8 Å². The summed E-state index contributed by atoms with van der Waals surface area (Å²) in [5, 5.41) is 2.70. The Morgan fingerprint density at radius 1 is 1.77 bits per heavy atom. The number of hydrogen-bond donors (Lipinski definition) is 2. The molecule has 1 fully saturated rings. The van der Waals surface area contributed by atoms with Crippen LogP contribution in [0.4, 0.5) is 4.79 Å². The van der Waals surface area contributed by atoms with Crippen molar-refractivity contribution in [3.8, 4) is 0 Å². The molecular weight excluding hydrogens is 172 g/mol. The Balaban J connectivity index is 2.33. The van der Waals surface area contributed by atoms with E-state index in [4.69, 9.17) is 10.5 Å². The van der Waals surface area contributed by atoms with E-state index in [9.17, 15) is 9.59 Å². The first kappa shape index (κ1) is 9.83. The molecule has 1 rings (SSSR count). The maximum Gasteiger partial charge on any atom is 0.405 e. The van der Waals surface area contributed by atoms with Crippen molar-refractivity contribution in [1.82, 2.24) is 5.32 Å². The van der Waals surface area contributed by atoms with E-state index in [1.165, 1.54) is 0 Å². The predicted molar refractivity (Wildman–Crippen MR) is 45.9 cm³/mol. The standard InChI is InChI=1S/C8H14N2O3/c1-8(2,13-7(9)12)4-5-3-6(11)10-5/h5H,3-4H2,1-2H3,(H2,9,12)(H,10,11)/t5-/m1/s1. The van der Waals surface area contributed by atoms with E-state index >= 15 is 0 Å². The highest BCUT2D eigenvalue weighted by Gasteiger charge is 2.33. The maximum atomic E-state index is 10.6. The highest BCUT2D eigenvalue weighted by molar-refractivity contribution is 5.82. The first-order chi connectivity index (χ1) is 5.89. The quantitative estimate of drug-likeness (QED) is 0.615. The number of primary amides is 1. The predicted octanol–water partition coefficient (Wildman–Crippen LogP) is 0.139. The van der Waals surface area contributed by atoms with Gasteiger partial charge >= 0.3 is 6.09 Å². The van der Waals surface area contributed by atoms with Crippen LogP contribution in [0, 0.1) is 0 Å². The number of nitrogens with two attached hydrogens (primary N) is 1. The number of amides is 2. The van der Waals surface area contributed by atoms with Gasteiger partial charge in [0.25, 0.3) is 0 Å². The van der Waals surface area contributed by atoms with Gasteiger partial charge in [-0.1, -0.05) is 0 Å². The number of nitrogens with one attached hydrogen (secondary N) is 1. The molecule has 0 unspecified atom stereocenters. The van der Waals surface area contributed by atoms with Crippen LogP contribution in [0.1, 0.15) is 26.7 Å². The molecule has 1 saturated heterocycles. The Bertz CT molecular complexity index is 230. The lowest BCUT2D eigenvalue weighted by atomic mass is 9.92. The number of carbonyl (C=O) groups is 2. The lowest BCUT2D eigenvalue weighted by molar-refractivity contribution is -0.129. The van der Waals surface area contributed by atoms with Crippen molar-refractivity contribution >= 4 is 12.0 Å². The van der Waals surface area contributed by atoms with Gasteiger partial charge in [-0.2, -0.15) is 0 Å². The second kappa shape index (κ2) is 3.24. The Labute approximate surface area is 76.6 Å². The summed E-state index contributed by atoms with van der Waals surface area (Å²) in [4.78, 5) is 21.1. The number of hydrogen-bond acceptors (Lipinski definition) is 3. The van der Waals surface area contributed by atoms with Crippen molar-refractivity contribution in [3.63, 3.8) is 0 Å². The molecule has 1 aliphatic rings. The average molecular weight is 186 g/mol. The van der Waals surface area contributed by atoms with Gasteiger partial charge in [0.1, 0.15) is 5.60 Å². The first-order valence-electron chi connectivity index (χ1n) is 4.17. The minimum atomic E-state index is -0.782. The van der Waals surface area contributed by atoms with Gasteiger partial charge in [-0.15, -0.1) is 0 Å². The highest BCUT2D eigenvalue weighted by atomic mass is 16.6. The van der Waals surface area contributed by atoms with Crippen molar-refractivity contribution in [2.75, 3.05) is 0 Å². The van der Waals surface area contributed by atoms with Crippen LogP contribution in [0.25, 0.3) is 0 Å². The van der Waals surface area contributed by atoms with Crippen LogP contribution in [0.5, 0.6) is 0 Å². The molecule has 1 atom stereocenters. The van der Waals surface area contributed by atoms with Crippen LogP contribution in [0.3, 0.4) is 0 Å². The van der Waals surface area contributed by atoms with E-state index in [0.29, 0.717) is 12.8 Å². The smallest absolute Gasteiger partial charge is 0.405 e. The summed E-state index contributed by atoms with van der Waals surface area (Å²) in [6.07, 6.45) is 0.323. The summed E-state index contributed by atoms with van der Waals surface area (Å²) in [7, 11) is 0. The molecule has 0 aromatic heterocycles. The lowest BCUT2D eigenvalue weighted by Gasteiger charge is -2.33. The van der Waals surface area contributed by atoms with E-state index < -0.39 is 11.7 Å². The van der Waals surface area contributed by atoms with Gasteiger partial charge in [0.15, 0.2) is 0 Å². The molecule has 0 radical (unpaired) electrons. The molecule has 5 nitrogen and oxygen atoms in total. The zero-order chi connectivity index (χ0) is 10.1. The average Bonchev–Trinajstić information content (AvgIpc) is 1.79. The summed E-state index contributed by atoms with van der Waals surface area (Å²) >= 11 is 0. The van der Waals surface area contributed by atoms with E-state index in [0.717, 1.165) is 0 Å². The minimum absolute atomic E-state index is 0.0416. The summed E-state index contributed by atoms with van der Waals surface area (Å²) in [5.41, 5.74) is 4.29. The van der Waals surface area contributed by atoms with Gasteiger partial charge in [0, 0.05) is 18.9 Å². The summed E-state index contributed by atoms with van der Waals surface area (Å²) in [6.45, 7) is 3.53. The van der Waals surface area contributed by atoms with Gasteiger partial charge in [0.2, 0.25) is 5.91 Å². The fraction of sp³-hybridized carbons (Fsp3) is 0.750. The van der Waals surface area contributed by atoms with Crippen molar-refractivity contribution in [1.29, 1.82) is 0 Å². The third-order valence-corrected chi connectivity index (χ3v) is 1.91. The molecule has 74 valence electrons. The zero-order valence-corrected chi connectivity index (χ0v) is 7.79. The molecule has 13 heavy (non-hydrogen) atoms. The molecular formula is C8H14N2O3. The fourth-order valence-corrected chi connectivity index (χ4v) is 1.46. The number of β-lactam (4-membered cyclic amide) rings is 1. The summed E-state index contributed by atoms with van der Waals surface area (Å²) in [6, 6.07) is 0.113. The van der Waals surface area contributed by atoms with Crippen LogP contribution in [-0.4, -0.2) is 23.6 Å². The third kappa shape index (κ3) is 2.93. The molecule has 1 heterocycles. The van der Waals surface area contributed by atoms with Crippen LogP contribution in [0.2, 0.25) is 0 Å². The third-order valence-electron chi connectivity index (χ3n) is 1.91. The molecule has 0 spiro atoms. The molecule has 0 saturated carbocycles. The monoisotopic (exact) mass is 186 g/mol. The second-order valence-corrected chi connectivity index (χ2v) is 3.85. The molecule has 0 aliphatic carbocycles. The molecule has 0 aromatic carbocycles. The zero-order valence-electron chi connectivity index (χ0n) is 7.79. The number of carbonyl (C=O) groups excluding carboxylic acids is 2. The maximum absolute atomic E-state index is 10.6. The van der Waals surface area contributed by atoms with E-state index in [2.05, 4.69) is 5.32 Å². The van der Waals surface area contributed by atoms with Gasteiger partial charge in [-0.05, 0) is 13.8 Å². The molecule has 0 aromatic rings. The Morgan fingerprint density at radius 3 is 2.69 bits per heavy atom. The summed E-state index contributed by atoms with van der Waals surface area (Å²) < 4.78 is 4.87. The van der Waals surface area contributed by atoms with Crippen molar-refractivity contribution in [2.24, 2.45) is 5.73 Å². The molecule has 5 heteroatoms. The molecule has 1 aliphatic heterocycles. The summed E-state index contributed by atoms with van der Waals surface area (Å²) in [5.74, 6) is 0.0416. The fourth-order valence-electron chi connectivity index (χ4n) is 1.46. The van der Waals surface area contributed by atoms with Gasteiger partial charge in [-0.3, -0.25) is 4.79 Å². The van der Waals surface area contributed by atoms with Crippen molar-refractivity contribution < 1.29 is 14.3 Å². The Hall–Kier alpha value is -1.26. The van der Waals surface area contributed by atoms with Crippen molar-refractivity contribution in [2.45, 2.75) is 38.3 Å². The molecule has 3 N–H and O–H groups in total. The Kier molecular flexibility index (Phi) is 2.45. The topological polar surface area (TPSA) is 81.4 Å². The van der Waals surface area contributed by atoms with Crippen molar-refractivity contribution in [3.05, 3.63) is 0 Å². The van der Waals surface area contributed by atoms with Gasteiger partial charge in [-0.25, -0.2) is 4.79 Å². The second-order valence-electron chi connectivity index (χ2n) is 3.85. The van der Waals surface area contributed by atoms with Crippen LogP contribution in [-0.2, 0) is 9.53 Å². The van der Waals surface area contributed by atoms with Gasteiger partial charge in [0.05, 0.1) is 0 Å². The number of ether oxygens (including phenoxy) is 1. The highest BCUT2D eigenvalue weighted by Crippen LogP contribution is 2.21. The van der Waals surface area contributed by atoms with E-state index in [-0.39, 0.29) is 11.9 Å². The number of rotatable bonds is 3. The van der Waals surface area contributed by atoms with E-state index in [1.807, 2.05) is 0 Å². The lowest BCUT2D eigenvalue weighted by Crippen LogP contribution is -2.52. The normalized spacial score (nSPS) is 21.7. The first-order valence-corrected chi connectivity index (χ1v) is 4.17. The molecule has 0 bridgehead atoms. The largest absolute Gasteiger partial charge is 0.444 e. The Morgan fingerprint density at radius 2 is 2.31 bits per heavy atom. The molecule has 2 amide bonds.